The van der Waals surface area contributed by atoms with Gasteiger partial charge < -0.3 is 5.32 Å². The quantitative estimate of drug-likeness (QED) is 0.555. The van der Waals surface area contributed by atoms with Crippen LogP contribution in [0.25, 0.3) is 16.9 Å². The fourth-order valence-electron chi connectivity index (χ4n) is 3.07. The maximum Gasteiger partial charge on any atom is 0.259 e. The summed E-state index contributed by atoms with van der Waals surface area (Å²) in [7, 11) is 0. The second kappa shape index (κ2) is 7.30. The first kappa shape index (κ1) is 16.8. The van der Waals surface area contributed by atoms with Crippen LogP contribution < -0.4 is 5.32 Å². The second-order valence-corrected chi connectivity index (χ2v) is 6.34. The fraction of sp³-hybridized carbons (Fsp3) is 0.0435. The van der Waals surface area contributed by atoms with Gasteiger partial charge in [0.2, 0.25) is 0 Å². The largest absolute Gasteiger partial charge is 0.322 e. The standard InChI is InChI=1S/C23H19N3O/c1-17-9-8-12-19(15-17)25-23(27)21-16-24-26(20-13-6-3-7-14-20)22(21)18-10-4-2-5-11-18/h2-16H,1H3,(H,25,27). The van der Waals surface area contributed by atoms with Gasteiger partial charge in [-0.05, 0) is 36.8 Å². The second-order valence-electron chi connectivity index (χ2n) is 6.34. The van der Waals surface area contributed by atoms with E-state index in [0.29, 0.717) is 5.56 Å². The van der Waals surface area contributed by atoms with E-state index in [1.807, 2.05) is 91.9 Å². The van der Waals surface area contributed by atoms with Crippen LogP contribution in [0.3, 0.4) is 0 Å². The lowest BCUT2D eigenvalue weighted by Crippen LogP contribution is -2.13. The van der Waals surface area contributed by atoms with E-state index < -0.39 is 0 Å². The lowest BCUT2D eigenvalue weighted by molar-refractivity contribution is 0.102. The minimum Gasteiger partial charge on any atom is -0.322 e. The van der Waals surface area contributed by atoms with Crippen molar-refractivity contribution in [2.75, 3.05) is 5.32 Å². The van der Waals surface area contributed by atoms with Crippen molar-refractivity contribution in [3.63, 3.8) is 0 Å². The molecule has 3 aromatic carbocycles. The summed E-state index contributed by atoms with van der Waals surface area (Å²) in [5.41, 5.74) is 5.01. The SMILES string of the molecule is Cc1cccc(NC(=O)c2cnn(-c3ccccc3)c2-c2ccccc2)c1. The summed E-state index contributed by atoms with van der Waals surface area (Å²) in [4.78, 5) is 13.0. The lowest BCUT2D eigenvalue weighted by Gasteiger charge is -2.11. The summed E-state index contributed by atoms with van der Waals surface area (Å²) in [6.07, 6.45) is 1.63. The summed E-state index contributed by atoms with van der Waals surface area (Å²) in [5.74, 6) is -0.179. The van der Waals surface area contributed by atoms with Gasteiger partial charge in [-0.3, -0.25) is 4.79 Å². The van der Waals surface area contributed by atoms with E-state index in [2.05, 4.69) is 10.4 Å². The van der Waals surface area contributed by atoms with Crippen molar-refractivity contribution in [3.8, 4) is 16.9 Å². The molecule has 0 aliphatic rings. The topological polar surface area (TPSA) is 46.9 Å². The van der Waals surface area contributed by atoms with Gasteiger partial charge in [-0.2, -0.15) is 5.10 Å². The van der Waals surface area contributed by atoms with Gasteiger partial charge in [0, 0.05) is 11.3 Å². The Hall–Kier alpha value is -3.66. The summed E-state index contributed by atoms with van der Waals surface area (Å²) in [6, 6.07) is 27.4. The number of hydrogen-bond acceptors (Lipinski definition) is 2. The molecule has 0 atom stereocenters. The number of anilines is 1. The first-order chi connectivity index (χ1) is 13.2. The molecule has 1 aromatic heterocycles. The average molecular weight is 353 g/mol. The number of carbonyl (C=O) groups excluding carboxylic acids is 1. The highest BCUT2D eigenvalue weighted by atomic mass is 16.1. The number of benzene rings is 3. The fourth-order valence-corrected chi connectivity index (χ4v) is 3.07. The Kier molecular flexibility index (Phi) is 4.54. The first-order valence-corrected chi connectivity index (χ1v) is 8.79. The van der Waals surface area contributed by atoms with E-state index in [1.54, 1.807) is 10.9 Å². The van der Waals surface area contributed by atoms with Gasteiger partial charge in [0.1, 0.15) is 0 Å². The Morgan fingerprint density at radius 3 is 2.30 bits per heavy atom. The number of para-hydroxylation sites is 1. The van der Waals surface area contributed by atoms with Gasteiger partial charge in [-0.1, -0.05) is 60.7 Å². The van der Waals surface area contributed by atoms with Crippen LogP contribution in [0, 0.1) is 6.92 Å². The molecule has 4 nitrogen and oxygen atoms in total. The summed E-state index contributed by atoms with van der Waals surface area (Å²) >= 11 is 0. The summed E-state index contributed by atoms with van der Waals surface area (Å²) in [6.45, 7) is 2.00. The normalized spacial score (nSPS) is 10.6. The minimum atomic E-state index is -0.179. The zero-order valence-electron chi connectivity index (χ0n) is 15.0. The van der Waals surface area contributed by atoms with Crippen molar-refractivity contribution in [1.82, 2.24) is 9.78 Å². The molecule has 0 aliphatic carbocycles. The number of nitrogens with zero attached hydrogens (tertiary/aromatic N) is 2. The van der Waals surface area contributed by atoms with Crippen molar-refractivity contribution >= 4 is 11.6 Å². The van der Waals surface area contributed by atoms with Crippen LogP contribution in [0.1, 0.15) is 15.9 Å². The lowest BCUT2D eigenvalue weighted by atomic mass is 10.1. The van der Waals surface area contributed by atoms with Crippen LogP contribution >= 0.6 is 0 Å². The number of amides is 1. The van der Waals surface area contributed by atoms with Crippen molar-refractivity contribution in [3.05, 3.63) is 102 Å². The molecule has 0 fully saturated rings. The molecular formula is C23H19N3O. The Bertz CT molecular complexity index is 1070. The highest BCUT2D eigenvalue weighted by molar-refractivity contribution is 6.08. The number of nitrogens with one attached hydrogen (secondary N) is 1. The first-order valence-electron chi connectivity index (χ1n) is 8.79. The van der Waals surface area contributed by atoms with Crippen LogP contribution in [0.15, 0.2) is 91.1 Å². The summed E-state index contributed by atoms with van der Waals surface area (Å²) in [5, 5.41) is 7.48. The van der Waals surface area contributed by atoms with Crippen LogP contribution in [-0.4, -0.2) is 15.7 Å². The van der Waals surface area contributed by atoms with Crippen molar-refractivity contribution in [2.45, 2.75) is 6.92 Å². The number of rotatable bonds is 4. The predicted octanol–water partition coefficient (Wildman–Crippen LogP) is 5.10. The van der Waals surface area contributed by atoms with Gasteiger partial charge in [0.05, 0.1) is 23.1 Å². The third kappa shape index (κ3) is 3.51. The van der Waals surface area contributed by atoms with E-state index in [-0.39, 0.29) is 5.91 Å². The Morgan fingerprint density at radius 1 is 0.889 bits per heavy atom. The molecule has 0 aliphatic heterocycles. The molecule has 0 bridgehead atoms. The molecule has 1 heterocycles. The van der Waals surface area contributed by atoms with Gasteiger partial charge in [0.25, 0.3) is 5.91 Å². The molecular weight excluding hydrogens is 334 g/mol. The highest BCUT2D eigenvalue weighted by Crippen LogP contribution is 2.27. The number of hydrogen-bond donors (Lipinski definition) is 1. The maximum atomic E-state index is 13.0. The molecule has 1 N–H and O–H groups in total. The number of aromatic nitrogens is 2. The molecule has 4 heteroatoms. The molecule has 0 radical (unpaired) electrons. The monoisotopic (exact) mass is 353 g/mol. The molecule has 0 unspecified atom stereocenters. The number of carbonyl (C=O) groups is 1. The molecule has 4 aromatic rings. The zero-order chi connectivity index (χ0) is 18.6. The van der Waals surface area contributed by atoms with Crippen molar-refractivity contribution < 1.29 is 4.79 Å². The molecule has 132 valence electrons. The van der Waals surface area contributed by atoms with Gasteiger partial charge in [0.15, 0.2) is 0 Å². The smallest absolute Gasteiger partial charge is 0.259 e. The van der Waals surface area contributed by atoms with E-state index in [1.165, 1.54) is 0 Å². The molecule has 0 saturated carbocycles. The zero-order valence-corrected chi connectivity index (χ0v) is 15.0. The van der Waals surface area contributed by atoms with Crippen LogP contribution in [0.5, 0.6) is 0 Å². The van der Waals surface area contributed by atoms with Gasteiger partial charge in [-0.25, -0.2) is 4.68 Å². The van der Waals surface area contributed by atoms with Crippen molar-refractivity contribution in [1.29, 1.82) is 0 Å². The van der Waals surface area contributed by atoms with Crippen LogP contribution in [-0.2, 0) is 0 Å². The summed E-state index contributed by atoms with van der Waals surface area (Å²) < 4.78 is 1.81. The van der Waals surface area contributed by atoms with E-state index in [9.17, 15) is 4.79 Å². The van der Waals surface area contributed by atoms with Gasteiger partial charge >= 0.3 is 0 Å². The van der Waals surface area contributed by atoms with Gasteiger partial charge in [-0.15, -0.1) is 0 Å². The third-order valence-electron chi connectivity index (χ3n) is 4.34. The minimum absolute atomic E-state index is 0.179. The third-order valence-corrected chi connectivity index (χ3v) is 4.34. The molecule has 27 heavy (non-hydrogen) atoms. The Morgan fingerprint density at radius 2 is 1.59 bits per heavy atom. The molecule has 1 amide bonds. The average Bonchev–Trinajstić information content (AvgIpc) is 3.15. The highest BCUT2D eigenvalue weighted by Gasteiger charge is 2.20. The number of aryl methyl sites for hydroxylation is 1. The predicted molar refractivity (Wildman–Crippen MR) is 108 cm³/mol. The maximum absolute atomic E-state index is 13.0. The molecule has 0 spiro atoms. The molecule has 4 rings (SSSR count). The Labute approximate surface area is 158 Å². The van der Waals surface area contributed by atoms with E-state index in [0.717, 1.165) is 28.2 Å². The van der Waals surface area contributed by atoms with E-state index >= 15 is 0 Å². The van der Waals surface area contributed by atoms with E-state index in [4.69, 9.17) is 0 Å². The van der Waals surface area contributed by atoms with Crippen LogP contribution in [0.4, 0.5) is 5.69 Å². The van der Waals surface area contributed by atoms with Crippen molar-refractivity contribution in [2.24, 2.45) is 0 Å². The molecule has 0 saturated heterocycles. The van der Waals surface area contributed by atoms with Crippen LogP contribution in [0.2, 0.25) is 0 Å². The Balaban J connectivity index is 1.79.